The molecule has 5 nitrogen and oxygen atoms in total. The predicted molar refractivity (Wildman–Crippen MR) is 75.1 cm³/mol. The van der Waals surface area contributed by atoms with Gasteiger partial charge in [0, 0.05) is 38.2 Å². The molecule has 2 rings (SSSR count). The average molecular weight is 269 g/mol. The highest BCUT2D eigenvalue weighted by molar-refractivity contribution is 5.74. The molecule has 2 N–H and O–H groups in total. The van der Waals surface area contributed by atoms with Crippen molar-refractivity contribution in [1.82, 2.24) is 15.1 Å². The van der Waals surface area contributed by atoms with Gasteiger partial charge >= 0.3 is 6.03 Å². The van der Waals surface area contributed by atoms with Gasteiger partial charge in [0.1, 0.15) is 0 Å². The second-order valence-corrected chi connectivity index (χ2v) is 5.75. The molecule has 0 bridgehead atoms. The molecule has 19 heavy (non-hydrogen) atoms. The van der Waals surface area contributed by atoms with Gasteiger partial charge in [-0.15, -0.1) is 0 Å². The standard InChI is InChI=1S/C14H27N3O2/c1-2-16-7-4-3-5-13(16)9-15-14(19)17-8-6-12(10-17)11-18/h12-13,18H,2-11H2,1H3,(H,15,19). The van der Waals surface area contributed by atoms with Crippen LogP contribution in [-0.4, -0.2) is 66.3 Å². The summed E-state index contributed by atoms with van der Waals surface area (Å²) in [5.41, 5.74) is 0. The molecule has 2 amide bonds. The fourth-order valence-corrected chi connectivity index (χ4v) is 3.19. The molecule has 0 saturated carbocycles. The van der Waals surface area contributed by atoms with Crippen molar-refractivity contribution >= 4 is 6.03 Å². The molecule has 2 aliphatic heterocycles. The van der Waals surface area contributed by atoms with Gasteiger partial charge in [-0.25, -0.2) is 4.79 Å². The summed E-state index contributed by atoms with van der Waals surface area (Å²) in [5.74, 6) is 0.271. The maximum Gasteiger partial charge on any atom is 0.317 e. The summed E-state index contributed by atoms with van der Waals surface area (Å²) in [7, 11) is 0. The van der Waals surface area contributed by atoms with Crippen LogP contribution in [0.15, 0.2) is 0 Å². The average Bonchev–Trinajstić information content (AvgIpc) is 2.94. The zero-order valence-corrected chi connectivity index (χ0v) is 12.0. The van der Waals surface area contributed by atoms with E-state index in [4.69, 9.17) is 5.11 Å². The van der Waals surface area contributed by atoms with Crippen molar-refractivity contribution in [2.75, 3.05) is 39.3 Å². The Hall–Kier alpha value is -0.810. The number of urea groups is 1. The summed E-state index contributed by atoms with van der Waals surface area (Å²) in [4.78, 5) is 16.4. The summed E-state index contributed by atoms with van der Waals surface area (Å²) < 4.78 is 0. The molecule has 2 unspecified atom stereocenters. The van der Waals surface area contributed by atoms with Crippen LogP contribution in [-0.2, 0) is 0 Å². The third kappa shape index (κ3) is 3.83. The van der Waals surface area contributed by atoms with E-state index in [-0.39, 0.29) is 18.6 Å². The van der Waals surface area contributed by atoms with E-state index in [2.05, 4.69) is 17.1 Å². The van der Waals surface area contributed by atoms with Crippen LogP contribution < -0.4 is 5.32 Å². The van der Waals surface area contributed by atoms with Crippen LogP contribution in [0.1, 0.15) is 32.6 Å². The SMILES string of the molecule is CCN1CCCCC1CNC(=O)N1CCC(CO)C1. The number of rotatable bonds is 4. The molecule has 2 atom stereocenters. The van der Waals surface area contributed by atoms with Gasteiger partial charge in [0.2, 0.25) is 0 Å². The van der Waals surface area contributed by atoms with Crippen molar-refractivity contribution in [3.05, 3.63) is 0 Å². The van der Waals surface area contributed by atoms with Crippen LogP contribution in [0.3, 0.4) is 0 Å². The van der Waals surface area contributed by atoms with Crippen LogP contribution in [0.5, 0.6) is 0 Å². The lowest BCUT2D eigenvalue weighted by Gasteiger charge is -2.35. The summed E-state index contributed by atoms with van der Waals surface area (Å²) in [6.45, 7) is 6.84. The van der Waals surface area contributed by atoms with E-state index in [9.17, 15) is 4.79 Å². The molecule has 0 aliphatic carbocycles. The monoisotopic (exact) mass is 269 g/mol. The minimum absolute atomic E-state index is 0.0394. The molecule has 2 aliphatic rings. The molecule has 110 valence electrons. The number of amides is 2. The van der Waals surface area contributed by atoms with Gasteiger partial charge in [-0.05, 0) is 32.4 Å². The van der Waals surface area contributed by atoms with E-state index < -0.39 is 0 Å². The molecule has 5 heteroatoms. The van der Waals surface area contributed by atoms with Gasteiger partial charge in [-0.1, -0.05) is 13.3 Å². The summed E-state index contributed by atoms with van der Waals surface area (Å²) in [6.07, 6.45) is 4.66. The molecule has 0 aromatic carbocycles. The molecule has 0 radical (unpaired) electrons. The number of carbonyl (C=O) groups excluding carboxylic acids is 1. The summed E-state index contributed by atoms with van der Waals surface area (Å²) in [5, 5.41) is 12.2. The van der Waals surface area contributed by atoms with Gasteiger partial charge in [-0.2, -0.15) is 0 Å². The van der Waals surface area contributed by atoms with Crippen LogP contribution in [0, 0.1) is 5.92 Å². The quantitative estimate of drug-likeness (QED) is 0.797. The van der Waals surface area contributed by atoms with Gasteiger partial charge < -0.3 is 15.3 Å². The zero-order valence-electron chi connectivity index (χ0n) is 12.0. The first kappa shape index (κ1) is 14.6. The van der Waals surface area contributed by atoms with Gasteiger partial charge in [-0.3, -0.25) is 4.90 Å². The van der Waals surface area contributed by atoms with Crippen molar-refractivity contribution in [2.24, 2.45) is 5.92 Å². The van der Waals surface area contributed by atoms with Crippen molar-refractivity contribution in [3.63, 3.8) is 0 Å². The first-order valence-electron chi connectivity index (χ1n) is 7.62. The molecule has 2 fully saturated rings. The van der Waals surface area contributed by atoms with E-state index in [1.165, 1.54) is 19.3 Å². The molecule has 0 aromatic rings. The summed E-state index contributed by atoms with van der Waals surface area (Å²) in [6, 6.07) is 0.538. The molecular weight excluding hydrogens is 242 g/mol. The number of nitrogens with zero attached hydrogens (tertiary/aromatic N) is 2. The topological polar surface area (TPSA) is 55.8 Å². The smallest absolute Gasteiger partial charge is 0.317 e. The highest BCUT2D eigenvalue weighted by atomic mass is 16.3. The van der Waals surface area contributed by atoms with Crippen LogP contribution in [0.25, 0.3) is 0 Å². The number of carbonyl (C=O) groups is 1. The highest BCUT2D eigenvalue weighted by Gasteiger charge is 2.27. The van der Waals surface area contributed by atoms with Gasteiger partial charge in [0.05, 0.1) is 0 Å². The van der Waals surface area contributed by atoms with Crippen molar-refractivity contribution < 1.29 is 9.90 Å². The van der Waals surface area contributed by atoms with Gasteiger partial charge in [0.15, 0.2) is 0 Å². The number of nitrogens with one attached hydrogen (secondary N) is 1. The lowest BCUT2D eigenvalue weighted by molar-refractivity contribution is 0.149. The molecule has 2 heterocycles. The summed E-state index contributed by atoms with van der Waals surface area (Å²) >= 11 is 0. The first-order chi connectivity index (χ1) is 9.24. The first-order valence-corrected chi connectivity index (χ1v) is 7.62. The fraction of sp³-hybridized carbons (Fsp3) is 0.929. The molecule has 0 spiro atoms. The van der Waals surface area contributed by atoms with Crippen LogP contribution >= 0.6 is 0 Å². The van der Waals surface area contributed by atoms with E-state index in [0.717, 1.165) is 32.6 Å². The van der Waals surface area contributed by atoms with E-state index >= 15 is 0 Å². The minimum Gasteiger partial charge on any atom is -0.396 e. The van der Waals surface area contributed by atoms with E-state index in [0.29, 0.717) is 12.6 Å². The third-order valence-electron chi connectivity index (χ3n) is 4.48. The number of hydrogen-bond acceptors (Lipinski definition) is 3. The normalized spacial score (nSPS) is 28.6. The Bertz CT molecular complexity index is 298. The van der Waals surface area contributed by atoms with E-state index in [1.54, 1.807) is 0 Å². The fourth-order valence-electron chi connectivity index (χ4n) is 3.19. The largest absolute Gasteiger partial charge is 0.396 e. The minimum atomic E-state index is 0.0394. The number of likely N-dealkylation sites (tertiary alicyclic amines) is 2. The Balaban J connectivity index is 1.73. The number of piperidine rings is 1. The maximum atomic E-state index is 12.1. The highest BCUT2D eigenvalue weighted by Crippen LogP contribution is 2.17. The Labute approximate surface area is 115 Å². The lowest BCUT2D eigenvalue weighted by atomic mass is 10.0. The predicted octanol–water partition coefficient (Wildman–Crippen LogP) is 0.885. The number of likely N-dealkylation sites (N-methyl/N-ethyl adjacent to an activating group) is 1. The van der Waals surface area contributed by atoms with Gasteiger partial charge in [0.25, 0.3) is 0 Å². The zero-order chi connectivity index (χ0) is 13.7. The van der Waals surface area contributed by atoms with E-state index in [1.807, 2.05) is 4.90 Å². The second-order valence-electron chi connectivity index (χ2n) is 5.75. The Morgan fingerprint density at radius 2 is 2.16 bits per heavy atom. The van der Waals surface area contributed by atoms with Crippen molar-refractivity contribution in [3.8, 4) is 0 Å². The number of hydrogen-bond donors (Lipinski definition) is 2. The van der Waals surface area contributed by atoms with Crippen molar-refractivity contribution in [1.29, 1.82) is 0 Å². The number of aliphatic hydroxyl groups is 1. The maximum absolute atomic E-state index is 12.1. The van der Waals surface area contributed by atoms with Crippen molar-refractivity contribution in [2.45, 2.75) is 38.6 Å². The lowest BCUT2D eigenvalue weighted by Crippen LogP contribution is -2.49. The molecule has 2 saturated heterocycles. The molecule has 0 aromatic heterocycles. The second kappa shape index (κ2) is 7.10. The Kier molecular flexibility index (Phi) is 5.45. The third-order valence-corrected chi connectivity index (χ3v) is 4.48. The Morgan fingerprint density at radius 1 is 1.32 bits per heavy atom. The van der Waals surface area contributed by atoms with Crippen LogP contribution in [0.4, 0.5) is 4.79 Å². The molecular formula is C14H27N3O2. The Morgan fingerprint density at radius 3 is 2.84 bits per heavy atom. The number of aliphatic hydroxyl groups excluding tert-OH is 1. The van der Waals surface area contributed by atoms with Crippen LogP contribution in [0.2, 0.25) is 0 Å².